The fraction of sp³-hybridized carbons (Fsp3) is 0.538. The minimum absolute atomic E-state index is 0.750. The summed E-state index contributed by atoms with van der Waals surface area (Å²) in [5, 5.41) is 0. The first-order valence-corrected chi connectivity index (χ1v) is 5.79. The summed E-state index contributed by atoms with van der Waals surface area (Å²) < 4.78 is 5.74. The third-order valence-corrected chi connectivity index (χ3v) is 2.35. The van der Waals surface area contributed by atoms with Crippen molar-refractivity contribution in [3.63, 3.8) is 0 Å². The number of benzene rings is 1. The summed E-state index contributed by atoms with van der Waals surface area (Å²) >= 11 is 0. The minimum atomic E-state index is 0.750. The maximum Gasteiger partial charge on any atom is 0.122 e. The highest BCUT2D eigenvalue weighted by Gasteiger charge is 2.00. The summed E-state index contributed by atoms with van der Waals surface area (Å²) in [6, 6.07) is 8.28. The summed E-state index contributed by atoms with van der Waals surface area (Å²) in [6.45, 7) is 3.71. The van der Waals surface area contributed by atoms with E-state index in [0.29, 0.717) is 0 Å². The van der Waals surface area contributed by atoms with E-state index in [1.807, 2.05) is 12.1 Å². The molecule has 1 aromatic rings. The van der Waals surface area contributed by atoms with Gasteiger partial charge in [-0.25, -0.2) is 0 Å². The van der Waals surface area contributed by atoms with Crippen LogP contribution in [0.1, 0.15) is 31.7 Å². The molecule has 0 fully saturated rings. The lowest BCUT2D eigenvalue weighted by atomic mass is 10.1. The standard InChI is InChI=1S/C13H21NO/c1-2-7-12-8-3-4-9-13(12)15-11-6-5-10-14/h3-4,8-9H,2,5-7,10-11,14H2,1H3. The molecular weight excluding hydrogens is 186 g/mol. The first-order valence-electron chi connectivity index (χ1n) is 5.79. The van der Waals surface area contributed by atoms with E-state index >= 15 is 0 Å². The molecule has 1 aromatic carbocycles. The minimum Gasteiger partial charge on any atom is -0.493 e. The molecule has 15 heavy (non-hydrogen) atoms. The van der Waals surface area contributed by atoms with Crippen LogP contribution in [-0.4, -0.2) is 13.2 Å². The third kappa shape index (κ3) is 4.34. The molecule has 0 aliphatic rings. The topological polar surface area (TPSA) is 35.2 Å². The molecule has 0 aromatic heterocycles. The van der Waals surface area contributed by atoms with Crippen LogP contribution in [0.4, 0.5) is 0 Å². The highest BCUT2D eigenvalue weighted by molar-refractivity contribution is 5.33. The number of para-hydroxylation sites is 1. The zero-order valence-electron chi connectivity index (χ0n) is 9.54. The molecule has 0 saturated carbocycles. The largest absolute Gasteiger partial charge is 0.493 e. The first kappa shape index (κ1) is 12.1. The van der Waals surface area contributed by atoms with Gasteiger partial charge in [0.2, 0.25) is 0 Å². The lowest BCUT2D eigenvalue weighted by Gasteiger charge is -2.10. The van der Waals surface area contributed by atoms with Crippen LogP contribution < -0.4 is 10.5 Å². The Balaban J connectivity index is 2.44. The molecule has 2 N–H and O–H groups in total. The van der Waals surface area contributed by atoms with Crippen molar-refractivity contribution >= 4 is 0 Å². The van der Waals surface area contributed by atoms with Crippen LogP contribution in [0.25, 0.3) is 0 Å². The molecule has 0 bridgehead atoms. The van der Waals surface area contributed by atoms with E-state index in [1.54, 1.807) is 0 Å². The molecule has 0 heterocycles. The van der Waals surface area contributed by atoms with Crippen LogP contribution in [0, 0.1) is 0 Å². The zero-order valence-corrected chi connectivity index (χ0v) is 9.54. The predicted octanol–water partition coefficient (Wildman–Crippen LogP) is 2.76. The van der Waals surface area contributed by atoms with Crippen molar-refractivity contribution < 1.29 is 4.74 Å². The molecule has 0 saturated heterocycles. The second-order valence-corrected chi connectivity index (χ2v) is 3.70. The molecule has 0 spiro atoms. The number of ether oxygens (including phenoxy) is 1. The first-order chi connectivity index (χ1) is 7.38. The normalized spacial score (nSPS) is 10.3. The number of unbranched alkanes of at least 4 members (excludes halogenated alkanes) is 1. The third-order valence-electron chi connectivity index (χ3n) is 2.35. The smallest absolute Gasteiger partial charge is 0.122 e. The second-order valence-electron chi connectivity index (χ2n) is 3.70. The Kier molecular flexibility index (Phi) is 5.86. The number of hydrogen-bond donors (Lipinski definition) is 1. The Labute approximate surface area is 92.4 Å². The predicted molar refractivity (Wildman–Crippen MR) is 64.2 cm³/mol. The lowest BCUT2D eigenvalue weighted by molar-refractivity contribution is 0.304. The van der Waals surface area contributed by atoms with Crippen molar-refractivity contribution in [1.29, 1.82) is 0 Å². The molecular formula is C13H21NO. The summed E-state index contributed by atoms with van der Waals surface area (Å²) in [7, 11) is 0. The van der Waals surface area contributed by atoms with Gasteiger partial charge in [0.1, 0.15) is 5.75 Å². The van der Waals surface area contributed by atoms with E-state index in [1.165, 1.54) is 5.56 Å². The number of hydrogen-bond acceptors (Lipinski definition) is 2. The van der Waals surface area contributed by atoms with Crippen molar-refractivity contribution in [3.05, 3.63) is 29.8 Å². The Morgan fingerprint density at radius 3 is 2.73 bits per heavy atom. The summed E-state index contributed by atoms with van der Waals surface area (Å²) in [5.74, 6) is 1.04. The quantitative estimate of drug-likeness (QED) is 0.698. The molecule has 0 aliphatic heterocycles. The SMILES string of the molecule is CCCc1ccccc1OCCCCN. The Bertz CT molecular complexity index is 273. The average Bonchev–Trinajstić information content (AvgIpc) is 2.27. The molecule has 2 heteroatoms. The molecule has 0 amide bonds. The van der Waals surface area contributed by atoms with Crippen LogP contribution in [0.5, 0.6) is 5.75 Å². The average molecular weight is 207 g/mol. The maximum atomic E-state index is 5.74. The van der Waals surface area contributed by atoms with Crippen molar-refractivity contribution in [2.45, 2.75) is 32.6 Å². The molecule has 0 atom stereocenters. The number of rotatable bonds is 7. The van der Waals surface area contributed by atoms with E-state index in [9.17, 15) is 0 Å². The lowest BCUT2D eigenvalue weighted by Crippen LogP contribution is -2.04. The molecule has 1 rings (SSSR count). The Morgan fingerprint density at radius 1 is 1.20 bits per heavy atom. The van der Waals surface area contributed by atoms with E-state index in [2.05, 4.69) is 19.1 Å². The van der Waals surface area contributed by atoms with Gasteiger partial charge >= 0.3 is 0 Å². The van der Waals surface area contributed by atoms with Gasteiger partial charge in [0, 0.05) is 0 Å². The van der Waals surface area contributed by atoms with Gasteiger partial charge < -0.3 is 10.5 Å². The van der Waals surface area contributed by atoms with Gasteiger partial charge in [-0.15, -0.1) is 0 Å². The summed E-state index contributed by atoms with van der Waals surface area (Å²) in [6.07, 6.45) is 4.32. The van der Waals surface area contributed by atoms with E-state index in [0.717, 1.165) is 44.6 Å². The number of aryl methyl sites for hydroxylation is 1. The molecule has 0 unspecified atom stereocenters. The van der Waals surface area contributed by atoms with Crippen molar-refractivity contribution in [3.8, 4) is 5.75 Å². The van der Waals surface area contributed by atoms with Crippen LogP contribution in [0.3, 0.4) is 0 Å². The van der Waals surface area contributed by atoms with Gasteiger partial charge in [0.15, 0.2) is 0 Å². The van der Waals surface area contributed by atoms with E-state index in [-0.39, 0.29) is 0 Å². The highest BCUT2D eigenvalue weighted by atomic mass is 16.5. The fourth-order valence-electron chi connectivity index (χ4n) is 1.55. The van der Waals surface area contributed by atoms with Crippen molar-refractivity contribution in [2.75, 3.05) is 13.2 Å². The molecule has 0 radical (unpaired) electrons. The monoisotopic (exact) mass is 207 g/mol. The molecule has 0 aliphatic carbocycles. The van der Waals surface area contributed by atoms with Gasteiger partial charge in [0.05, 0.1) is 6.61 Å². The zero-order chi connectivity index (χ0) is 10.9. The number of nitrogens with two attached hydrogens (primary N) is 1. The van der Waals surface area contributed by atoms with E-state index < -0.39 is 0 Å². The van der Waals surface area contributed by atoms with Crippen molar-refractivity contribution in [2.24, 2.45) is 5.73 Å². The van der Waals surface area contributed by atoms with Gasteiger partial charge in [-0.3, -0.25) is 0 Å². The van der Waals surface area contributed by atoms with Gasteiger partial charge in [-0.05, 0) is 37.4 Å². The van der Waals surface area contributed by atoms with E-state index in [4.69, 9.17) is 10.5 Å². The van der Waals surface area contributed by atoms with Crippen molar-refractivity contribution in [1.82, 2.24) is 0 Å². The molecule has 84 valence electrons. The van der Waals surface area contributed by atoms with Crippen LogP contribution in [-0.2, 0) is 6.42 Å². The van der Waals surface area contributed by atoms with Gasteiger partial charge in [-0.2, -0.15) is 0 Å². The fourth-order valence-corrected chi connectivity index (χ4v) is 1.55. The van der Waals surface area contributed by atoms with Crippen LogP contribution in [0.15, 0.2) is 24.3 Å². The summed E-state index contributed by atoms with van der Waals surface area (Å²) in [4.78, 5) is 0. The Hall–Kier alpha value is -1.02. The maximum absolute atomic E-state index is 5.74. The second kappa shape index (κ2) is 7.30. The Morgan fingerprint density at radius 2 is 2.00 bits per heavy atom. The molecule has 2 nitrogen and oxygen atoms in total. The van der Waals surface area contributed by atoms with Crippen LogP contribution >= 0.6 is 0 Å². The summed E-state index contributed by atoms with van der Waals surface area (Å²) in [5.41, 5.74) is 6.74. The van der Waals surface area contributed by atoms with Gasteiger partial charge in [0.25, 0.3) is 0 Å². The van der Waals surface area contributed by atoms with Crippen LogP contribution in [0.2, 0.25) is 0 Å². The highest BCUT2D eigenvalue weighted by Crippen LogP contribution is 2.19. The van der Waals surface area contributed by atoms with Gasteiger partial charge in [-0.1, -0.05) is 31.5 Å².